The lowest BCUT2D eigenvalue weighted by atomic mass is 10.1. The number of aromatic nitrogens is 1. The monoisotopic (exact) mass is 296 g/mol. The molecular formula is C14H14Cl2N2O. The van der Waals surface area contributed by atoms with Crippen molar-refractivity contribution < 1.29 is 4.79 Å². The molecule has 0 aliphatic carbocycles. The molecule has 1 heterocycles. The second kappa shape index (κ2) is 7.77. The van der Waals surface area contributed by atoms with Crippen LogP contribution in [0.25, 0.3) is 0 Å². The molecule has 5 heteroatoms. The van der Waals surface area contributed by atoms with E-state index in [0.29, 0.717) is 12.1 Å². The van der Waals surface area contributed by atoms with Gasteiger partial charge in [0.2, 0.25) is 0 Å². The highest BCUT2D eigenvalue weighted by atomic mass is 35.5. The van der Waals surface area contributed by atoms with E-state index in [1.807, 2.05) is 24.3 Å². The number of nitrogens with one attached hydrogen (secondary N) is 1. The molecule has 3 nitrogen and oxygen atoms in total. The largest absolute Gasteiger partial charge is 0.352 e. The summed E-state index contributed by atoms with van der Waals surface area (Å²) in [7, 11) is 0. The van der Waals surface area contributed by atoms with Gasteiger partial charge in [0.15, 0.2) is 0 Å². The maximum Gasteiger partial charge on any atom is 0.252 e. The molecule has 0 radical (unpaired) electrons. The normalized spacial score (nSPS) is 9.53. The number of pyridine rings is 1. The molecule has 0 atom stereocenters. The average Bonchev–Trinajstić information content (AvgIpc) is 2.42. The Labute approximate surface area is 123 Å². The zero-order chi connectivity index (χ0) is 12.8. The van der Waals surface area contributed by atoms with Gasteiger partial charge in [-0.05, 0) is 36.2 Å². The first kappa shape index (κ1) is 15.5. The second-order valence-corrected chi connectivity index (χ2v) is 4.31. The number of halogens is 2. The van der Waals surface area contributed by atoms with E-state index in [4.69, 9.17) is 11.6 Å². The summed E-state index contributed by atoms with van der Waals surface area (Å²) in [5, 5.41) is 3.57. The average molecular weight is 297 g/mol. The van der Waals surface area contributed by atoms with Gasteiger partial charge in [0.1, 0.15) is 0 Å². The first-order valence-electron chi connectivity index (χ1n) is 5.68. The molecule has 0 fully saturated rings. The Bertz CT molecular complexity index is 515. The molecule has 1 N–H and O–H groups in total. The first-order chi connectivity index (χ1) is 8.75. The summed E-state index contributed by atoms with van der Waals surface area (Å²) >= 11 is 5.80. The Balaban J connectivity index is 0.00000180. The van der Waals surface area contributed by atoms with Crippen LogP contribution >= 0.6 is 24.0 Å². The van der Waals surface area contributed by atoms with Crippen molar-refractivity contribution in [3.8, 4) is 0 Å². The van der Waals surface area contributed by atoms with Crippen LogP contribution in [0.5, 0.6) is 0 Å². The van der Waals surface area contributed by atoms with E-state index in [1.165, 1.54) is 0 Å². The number of hydrogen-bond acceptors (Lipinski definition) is 2. The van der Waals surface area contributed by atoms with E-state index in [2.05, 4.69) is 10.3 Å². The summed E-state index contributed by atoms with van der Waals surface area (Å²) in [6.45, 7) is 0.593. The van der Waals surface area contributed by atoms with Gasteiger partial charge in [-0.25, -0.2) is 0 Å². The zero-order valence-corrected chi connectivity index (χ0v) is 11.7. The fraction of sp³-hybridized carbons (Fsp3) is 0.143. The van der Waals surface area contributed by atoms with Crippen LogP contribution in [0.1, 0.15) is 15.9 Å². The Morgan fingerprint density at radius 1 is 1.21 bits per heavy atom. The SMILES string of the molecule is Cl.O=C(NCCc1ccc(Cl)cc1)c1cccnc1. The Kier molecular flexibility index (Phi) is 6.33. The summed E-state index contributed by atoms with van der Waals surface area (Å²) in [6.07, 6.45) is 3.98. The predicted octanol–water partition coefficient (Wildman–Crippen LogP) is 3.13. The standard InChI is InChI=1S/C14H13ClN2O.ClH/c15-13-5-3-11(4-6-13)7-9-17-14(18)12-2-1-8-16-10-12;/h1-6,8,10H,7,9H2,(H,17,18);1H. The van der Waals surface area contributed by atoms with Crippen molar-refractivity contribution in [1.29, 1.82) is 0 Å². The maximum absolute atomic E-state index is 11.7. The molecule has 1 aromatic heterocycles. The lowest BCUT2D eigenvalue weighted by Gasteiger charge is -2.05. The minimum Gasteiger partial charge on any atom is -0.352 e. The summed E-state index contributed by atoms with van der Waals surface area (Å²) in [6, 6.07) is 11.1. The fourth-order valence-corrected chi connectivity index (χ4v) is 1.70. The molecule has 1 aromatic carbocycles. The van der Waals surface area contributed by atoms with E-state index in [9.17, 15) is 4.79 Å². The molecule has 0 saturated carbocycles. The lowest BCUT2D eigenvalue weighted by Crippen LogP contribution is -2.25. The van der Waals surface area contributed by atoms with Gasteiger partial charge >= 0.3 is 0 Å². The molecule has 0 aliphatic heterocycles. The minimum atomic E-state index is -0.0999. The van der Waals surface area contributed by atoms with Crippen LogP contribution in [0.15, 0.2) is 48.8 Å². The third-order valence-electron chi connectivity index (χ3n) is 2.54. The third-order valence-corrected chi connectivity index (χ3v) is 2.79. The Morgan fingerprint density at radius 3 is 2.58 bits per heavy atom. The van der Waals surface area contributed by atoms with E-state index in [1.54, 1.807) is 24.5 Å². The van der Waals surface area contributed by atoms with Crippen molar-refractivity contribution in [2.75, 3.05) is 6.54 Å². The number of carbonyl (C=O) groups is 1. The quantitative estimate of drug-likeness (QED) is 0.942. The Hall–Kier alpha value is -1.58. The van der Waals surface area contributed by atoms with Crippen molar-refractivity contribution in [3.63, 3.8) is 0 Å². The Morgan fingerprint density at radius 2 is 1.95 bits per heavy atom. The van der Waals surface area contributed by atoms with Crippen LogP contribution in [0.2, 0.25) is 5.02 Å². The minimum absolute atomic E-state index is 0. The summed E-state index contributed by atoms with van der Waals surface area (Å²) < 4.78 is 0. The van der Waals surface area contributed by atoms with Crippen LogP contribution in [0.4, 0.5) is 0 Å². The van der Waals surface area contributed by atoms with Crippen molar-refractivity contribution in [2.24, 2.45) is 0 Å². The van der Waals surface area contributed by atoms with Crippen molar-refractivity contribution in [2.45, 2.75) is 6.42 Å². The van der Waals surface area contributed by atoms with Gasteiger partial charge in [-0.1, -0.05) is 23.7 Å². The molecule has 2 aromatic rings. The number of carbonyl (C=O) groups excluding carboxylic acids is 1. The predicted molar refractivity (Wildman–Crippen MR) is 79.0 cm³/mol. The third kappa shape index (κ3) is 4.89. The maximum atomic E-state index is 11.7. The van der Waals surface area contributed by atoms with Crippen LogP contribution in [0, 0.1) is 0 Å². The lowest BCUT2D eigenvalue weighted by molar-refractivity contribution is 0.0954. The van der Waals surface area contributed by atoms with E-state index < -0.39 is 0 Å². The highest BCUT2D eigenvalue weighted by molar-refractivity contribution is 6.30. The molecule has 0 aliphatic rings. The highest BCUT2D eigenvalue weighted by Gasteiger charge is 2.03. The van der Waals surface area contributed by atoms with Crippen molar-refractivity contribution in [1.82, 2.24) is 10.3 Å². The number of rotatable bonds is 4. The van der Waals surface area contributed by atoms with Gasteiger partial charge in [-0.2, -0.15) is 0 Å². The number of hydrogen-bond donors (Lipinski definition) is 1. The molecule has 2 rings (SSSR count). The molecule has 100 valence electrons. The summed E-state index contributed by atoms with van der Waals surface area (Å²) in [4.78, 5) is 15.6. The van der Waals surface area contributed by atoms with Gasteiger partial charge in [-0.3, -0.25) is 9.78 Å². The molecule has 0 spiro atoms. The van der Waals surface area contributed by atoms with E-state index in [0.717, 1.165) is 17.0 Å². The van der Waals surface area contributed by atoms with Crippen LogP contribution in [-0.4, -0.2) is 17.4 Å². The topological polar surface area (TPSA) is 42.0 Å². The van der Waals surface area contributed by atoms with Crippen LogP contribution in [-0.2, 0) is 6.42 Å². The first-order valence-corrected chi connectivity index (χ1v) is 6.06. The highest BCUT2D eigenvalue weighted by Crippen LogP contribution is 2.09. The molecule has 0 bridgehead atoms. The number of nitrogens with zero attached hydrogens (tertiary/aromatic N) is 1. The number of benzene rings is 1. The van der Waals surface area contributed by atoms with Gasteiger partial charge in [0, 0.05) is 24.0 Å². The van der Waals surface area contributed by atoms with Crippen molar-refractivity contribution >= 4 is 29.9 Å². The summed E-state index contributed by atoms with van der Waals surface area (Å²) in [5.74, 6) is -0.0999. The van der Waals surface area contributed by atoms with Gasteiger partial charge in [0.25, 0.3) is 5.91 Å². The van der Waals surface area contributed by atoms with Gasteiger partial charge < -0.3 is 5.32 Å². The van der Waals surface area contributed by atoms with Gasteiger partial charge in [-0.15, -0.1) is 12.4 Å². The molecule has 0 unspecified atom stereocenters. The molecule has 0 saturated heterocycles. The van der Waals surface area contributed by atoms with Crippen molar-refractivity contribution in [3.05, 3.63) is 64.9 Å². The molecule has 19 heavy (non-hydrogen) atoms. The van der Waals surface area contributed by atoms with Crippen LogP contribution < -0.4 is 5.32 Å². The second-order valence-electron chi connectivity index (χ2n) is 3.87. The van der Waals surface area contributed by atoms with E-state index in [-0.39, 0.29) is 18.3 Å². The smallest absolute Gasteiger partial charge is 0.252 e. The number of amides is 1. The van der Waals surface area contributed by atoms with Crippen LogP contribution in [0.3, 0.4) is 0 Å². The zero-order valence-electron chi connectivity index (χ0n) is 10.2. The fourth-order valence-electron chi connectivity index (χ4n) is 1.57. The molecular weight excluding hydrogens is 283 g/mol. The van der Waals surface area contributed by atoms with Gasteiger partial charge in [0.05, 0.1) is 5.56 Å². The van der Waals surface area contributed by atoms with E-state index >= 15 is 0 Å². The molecule has 1 amide bonds. The summed E-state index contributed by atoms with van der Waals surface area (Å²) in [5.41, 5.74) is 1.72.